The first kappa shape index (κ1) is 14.5. The molecule has 1 N–H and O–H groups in total. The molecule has 0 aliphatic heterocycles. The lowest BCUT2D eigenvalue weighted by Crippen LogP contribution is -2.30. The molecule has 0 amide bonds. The maximum Gasteiger partial charge on any atom is 0.285 e. The van der Waals surface area contributed by atoms with E-state index < -0.39 is 5.92 Å². The molecule has 0 saturated carbocycles. The molecule has 2 aromatic rings. The number of ether oxygens (including phenoxy) is 1. The predicted molar refractivity (Wildman–Crippen MR) is 75.0 cm³/mol. The van der Waals surface area contributed by atoms with Crippen LogP contribution in [0.4, 0.5) is 8.78 Å². The van der Waals surface area contributed by atoms with Gasteiger partial charge in [0.05, 0.1) is 13.7 Å². The largest absolute Gasteiger partial charge is 0.497 e. The lowest BCUT2D eigenvalue weighted by Gasteiger charge is -2.17. The molecular formula is C16H17F2NO. The molecule has 0 unspecified atom stereocenters. The fourth-order valence-corrected chi connectivity index (χ4v) is 1.89. The molecule has 4 heteroatoms. The fourth-order valence-electron chi connectivity index (χ4n) is 1.89. The van der Waals surface area contributed by atoms with Crippen LogP contribution in [0.25, 0.3) is 0 Å². The molecule has 2 rings (SSSR count). The molecule has 0 atom stereocenters. The van der Waals surface area contributed by atoms with Crippen LogP contribution < -0.4 is 10.1 Å². The summed E-state index contributed by atoms with van der Waals surface area (Å²) in [5.41, 5.74) is 0.969. The van der Waals surface area contributed by atoms with Crippen LogP contribution in [-0.4, -0.2) is 13.7 Å². The van der Waals surface area contributed by atoms with Crippen molar-refractivity contribution in [2.45, 2.75) is 12.5 Å². The fraction of sp³-hybridized carbons (Fsp3) is 0.250. The Morgan fingerprint density at radius 1 is 1.00 bits per heavy atom. The van der Waals surface area contributed by atoms with Crippen LogP contribution in [0.3, 0.4) is 0 Å². The Bertz CT molecular complexity index is 526. The molecule has 0 fully saturated rings. The van der Waals surface area contributed by atoms with Crippen molar-refractivity contribution in [3.05, 3.63) is 65.7 Å². The quantitative estimate of drug-likeness (QED) is 0.871. The Hall–Kier alpha value is -1.94. The number of halogens is 2. The SMILES string of the molecule is COc1ccc(CNCC(F)(F)c2ccccc2)cc1. The Balaban J connectivity index is 1.88. The van der Waals surface area contributed by atoms with E-state index in [1.165, 1.54) is 12.1 Å². The summed E-state index contributed by atoms with van der Waals surface area (Å²) in [6.45, 7) is 0.00939. The van der Waals surface area contributed by atoms with E-state index in [1.807, 2.05) is 24.3 Å². The predicted octanol–water partition coefficient (Wildman–Crippen LogP) is 3.58. The molecular weight excluding hydrogens is 260 g/mol. The summed E-state index contributed by atoms with van der Waals surface area (Å²) in [5.74, 6) is -2.11. The van der Waals surface area contributed by atoms with Gasteiger partial charge in [-0.2, -0.15) is 8.78 Å². The summed E-state index contributed by atoms with van der Waals surface area (Å²) in [4.78, 5) is 0. The van der Waals surface area contributed by atoms with Crippen LogP contribution in [-0.2, 0) is 12.5 Å². The highest BCUT2D eigenvalue weighted by atomic mass is 19.3. The highest BCUT2D eigenvalue weighted by Crippen LogP contribution is 2.26. The lowest BCUT2D eigenvalue weighted by atomic mass is 10.1. The number of benzene rings is 2. The smallest absolute Gasteiger partial charge is 0.285 e. The van der Waals surface area contributed by atoms with Crippen LogP contribution in [0.2, 0.25) is 0 Å². The molecule has 0 aliphatic rings. The van der Waals surface area contributed by atoms with Crippen molar-refractivity contribution in [2.24, 2.45) is 0 Å². The van der Waals surface area contributed by atoms with E-state index in [2.05, 4.69) is 5.32 Å². The molecule has 2 nitrogen and oxygen atoms in total. The second-order valence-electron chi connectivity index (χ2n) is 4.52. The highest BCUT2D eigenvalue weighted by Gasteiger charge is 2.30. The number of hydrogen-bond donors (Lipinski definition) is 1. The van der Waals surface area contributed by atoms with Crippen molar-refractivity contribution in [3.63, 3.8) is 0 Å². The normalized spacial score (nSPS) is 11.3. The van der Waals surface area contributed by atoms with Gasteiger partial charge in [-0.25, -0.2) is 0 Å². The van der Waals surface area contributed by atoms with Crippen molar-refractivity contribution >= 4 is 0 Å². The minimum atomic E-state index is -2.87. The summed E-state index contributed by atoms with van der Waals surface area (Å²) in [6, 6.07) is 15.2. The van der Waals surface area contributed by atoms with Crippen LogP contribution >= 0.6 is 0 Å². The van der Waals surface area contributed by atoms with E-state index in [0.717, 1.165) is 11.3 Å². The van der Waals surface area contributed by atoms with Gasteiger partial charge < -0.3 is 10.1 Å². The summed E-state index contributed by atoms with van der Waals surface area (Å²) in [7, 11) is 1.59. The maximum atomic E-state index is 13.9. The van der Waals surface area contributed by atoms with Gasteiger partial charge in [-0.1, -0.05) is 42.5 Å². The molecule has 0 heterocycles. The zero-order chi connectivity index (χ0) is 14.4. The van der Waals surface area contributed by atoms with Crippen LogP contribution in [0, 0.1) is 0 Å². The zero-order valence-corrected chi connectivity index (χ0v) is 11.3. The molecule has 0 spiro atoms. The van der Waals surface area contributed by atoms with Gasteiger partial charge in [0.15, 0.2) is 0 Å². The average Bonchev–Trinajstić information content (AvgIpc) is 2.49. The van der Waals surface area contributed by atoms with Crippen molar-refractivity contribution in [1.29, 1.82) is 0 Å². The monoisotopic (exact) mass is 277 g/mol. The molecule has 106 valence electrons. The van der Waals surface area contributed by atoms with Crippen LogP contribution in [0.5, 0.6) is 5.75 Å². The zero-order valence-electron chi connectivity index (χ0n) is 11.3. The van der Waals surface area contributed by atoms with Gasteiger partial charge in [0.25, 0.3) is 5.92 Å². The third-order valence-electron chi connectivity index (χ3n) is 3.03. The third-order valence-corrected chi connectivity index (χ3v) is 3.03. The van der Waals surface area contributed by atoms with Gasteiger partial charge in [0.1, 0.15) is 5.75 Å². The molecule has 0 radical (unpaired) electrons. The Labute approximate surface area is 117 Å². The maximum absolute atomic E-state index is 13.9. The van der Waals surface area contributed by atoms with E-state index in [9.17, 15) is 8.78 Å². The molecule has 0 bridgehead atoms. The number of nitrogens with one attached hydrogen (secondary N) is 1. The molecule has 20 heavy (non-hydrogen) atoms. The summed E-state index contributed by atoms with van der Waals surface area (Å²) < 4.78 is 32.8. The van der Waals surface area contributed by atoms with Crippen molar-refractivity contribution in [3.8, 4) is 5.75 Å². The van der Waals surface area contributed by atoms with E-state index in [0.29, 0.717) is 6.54 Å². The number of alkyl halides is 2. The average molecular weight is 277 g/mol. The Kier molecular flexibility index (Phi) is 4.69. The Morgan fingerprint density at radius 3 is 2.25 bits per heavy atom. The minimum Gasteiger partial charge on any atom is -0.497 e. The topological polar surface area (TPSA) is 21.3 Å². The van der Waals surface area contributed by atoms with Crippen molar-refractivity contribution < 1.29 is 13.5 Å². The standard InChI is InChI=1S/C16H17F2NO/c1-20-15-9-7-13(8-10-15)11-19-12-16(17,18)14-5-3-2-4-6-14/h2-10,19H,11-12H2,1H3. The van der Waals surface area contributed by atoms with Gasteiger partial charge in [-0.05, 0) is 17.7 Å². The van der Waals surface area contributed by atoms with Gasteiger partial charge in [-0.3, -0.25) is 0 Å². The lowest BCUT2D eigenvalue weighted by molar-refractivity contribution is -0.00343. The first-order valence-corrected chi connectivity index (χ1v) is 6.39. The Morgan fingerprint density at radius 2 is 1.65 bits per heavy atom. The van der Waals surface area contributed by atoms with Crippen molar-refractivity contribution in [2.75, 3.05) is 13.7 Å². The van der Waals surface area contributed by atoms with E-state index in [1.54, 1.807) is 25.3 Å². The van der Waals surface area contributed by atoms with Gasteiger partial charge >= 0.3 is 0 Å². The second kappa shape index (κ2) is 6.48. The first-order chi connectivity index (χ1) is 9.62. The van der Waals surface area contributed by atoms with E-state index in [4.69, 9.17) is 4.74 Å². The number of methoxy groups -OCH3 is 1. The van der Waals surface area contributed by atoms with Gasteiger partial charge in [0, 0.05) is 12.1 Å². The van der Waals surface area contributed by atoms with E-state index in [-0.39, 0.29) is 12.1 Å². The second-order valence-corrected chi connectivity index (χ2v) is 4.52. The molecule has 0 aromatic heterocycles. The van der Waals surface area contributed by atoms with Crippen molar-refractivity contribution in [1.82, 2.24) is 5.32 Å². The number of rotatable bonds is 6. The van der Waals surface area contributed by atoms with Gasteiger partial charge in [-0.15, -0.1) is 0 Å². The summed E-state index contributed by atoms with van der Waals surface area (Å²) in [6.07, 6.45) is 0. The molecule has 0 saturated heterocycles. The van der Waals surface area contributed by atoms with E-state index >= 15 is 0 Å². The summed E-state index contributed by atoms with van der Waals surface area (Å²) >= 11 is 0. The van der Waals surface area contributed by atoms with Crippen LogP contribution in [0.1, 0.15) is 11.1 Å². The highest BCUT2D eigenvalue weighted by molar-refractivity contribution is 5.27. The molecule has 2 aromatic carbocycles. The first-order valence-electron chi connectivity index (χ1n) is 6.39. The van der Waals surface area contributed by atoms with Gasteiger partial charge in [0.2, 0.25) is 0 Å². The van der Waals surface area contributed by atoms with Crippen LogP contribution in [0.15, 0.2) is 54.6 Å². The minimum absolute atomic E-state index is 0.0298. The summed E-state index contributed by atoms with van der Waals surface area (Å²) in [5, 5.41) is 2.79. The third kappa shape index (κ3) is 3.78. The molecule has 0 aliphatic carbocycles. The number of hydrogen-bond acceptors (Lipinski definition) is 2.